The van der Waals surface area contributed by atoms with Crippen LogP contribution >= 0.6 is 11.3 Å². The molecule has 0 aliphatic heterocycles. The highest BCUT2D eigenvalue weighted by Gasteiger charge is 2.24. The topological polar surface area (TPSA) is 101 Å². The Labute approximate surface area is 143 Å². The van der Waals surface area contributed by atoms with Gasteiger partial charge in [0, 0.05) is 18.1 Å². The molecule has 24 heavy (non-hydrogen) atoms. The van der Waals surface area contributed by atoms with Crippen LogP contribution in [0.3, 0.4) is 0 Å². The molecule has 0 saturated carbocycles. The minimum atomic E-state index is -0.576. The van der Waals surface area contributed by atoms with Gasteiger partial charge >= 0.3 is 11.7 Å². The average Bonchev–Trinajstić information content (AvgIpc) is 2.94. The summed E-state index contributed by atoms with van der Waals surface area (Å²) in [7, 11) is 1.65. The number of rotatable bonds is 5. The predicted molar refractivity (Wildman–Crippen MR) is 92.3 cm³/mol. The number of amides is 2. The molecule has 0 aliphatic carbocycles. The van der Waals surface area contributed by atoms with Crippen LogP contribution in [0.15, 0.2) is 18.5 Å². The van der Waals surface area contributed by atoms with E-state index < -0.39 is 11.0 Å². The number of thiazole rings is 1. The van der Waals surface area contributed by atoms with Gasteiger partial charge in [-0.3, -0.25) is 15.1 Å². The van der Waals surface area contributed by atoms with Crippen molar-refractivity contribution >= 4 is 28.7 Å². The van der Waals surface area contributed by atoms with Crippen molar-refractivity contribution in [3.63, 3.8) is 0 Å². The molecule has 0 radical (unpaired) electrons. The Morgan fingerprint density at radius 2 is 2.25 bits per heavy atom. The monoisotopic (exact) mass is 349 g/mol. The molecule has 9 heteroatoms. The van der Waals surface area contributed by atoms with Crippen molar-refractivity contribution in [3.8, 4) is 0 Å². The molecule has 2 aromatic rings. The SMILES string of the molecule is CCc1nc(C)c(C(C)N(C)C(=O)Nc2ccncc2[N+](=O)[O-])s1. The van der Waals surface area contributed by atoms with E-state index >= 15 is 0 Å². The first-order valence-electron chi connectivity index (χ1n) is 7.43. The van der Waals surface area contributed by atoms with Gasteiger partial charge in [0.15, 0.2) is 0 Å². The molecule has 8 nitrogen and oxygen atoms in total. The predicted octanol–water partition coefficient (Wildman–Crippen LogP) is 3.54. The number of carbonyl (C=O) groups excluding carboxylic acids is 1. The number of carbonyl (C=O) groups is 1. The second kappa shape index (κ2) is 7.35. The average molecular weight is 349 g/mol. The Balaban J connectivity index is 2.17. The van der Waals surface area contributed by atoms with Gasteiger partial charge in [-0.05, 0) is 26.3 Å². The van der Waals surface area contributed by atoms with Crippen molar-refractivity contribution in [3.05, 3.63) is 44.2 Å². The van der Waals surface area contributed by atoms with Crippen LogP contribution in [0.4, 0.5) is 16.2 Å². The van der Waals surface area contributed by atoms with Gasteiger partial charge in [0.25, 0.3) is 0 Å². The van der Waals surface area contributed by atoms with Crippen LogP contribution in [0.2, 0.25) is 0 Å². The quantitative estimate of drug-likeness (QED) is 0.657. The summed E-state index contributed by atoms with van der Waals surface area (Å²) in [6.07, 6.45) is 3.35. The maximum Gasteiger partial charge on any atom is 0.322 e. The fourth-order valence-electron chi connectivity index (χ4n) is 2.20. The Kier molecular flexibility index (Phi) is 5.45. The fourth-order valence-corrected chi connectivity index (χ4v) is 3.30. The van der Waals surface area contributed by atoms with Crippen molar-refractivity contribution in [1.29, 1.82) is 0 Å². The molecule has 2 heterocycles. The van der Waals surface area contributed by atoms with Crippen LogP contribution in [0.5, 0.6) is 0 Å². The number of pyridine rings is 1. The van der Waals surface area contributed by atoms with Crippen LogP contribution < -0.4 is 5.32 Å². The van der Waals surface area contributed by atoms with E-state index in [-0.39, 0.29) is 17.4 Å². The van der Waals surface area contributed by atoms with Crippen LogP contribution in [0.25, 0.3) is 0 Å². The number of hydrogen-bond acceptors (Lipinski definition) is 6. The maximum absolute atomic E-state index is 12.4. The second-order valence-corrected chi connectivity index (χ2v) is 6.39. The molecule has 1 atom stereocenters. The summed E-state index contributed by atoms with van der Waals surface area (Å²) in [6.45, 7) is 5.85. The zero-order valence-electron chi connectivity index (χ0n) is 13.9. The lowest BCUT2D eigenvalue weighted by atomic mass is 10.2. The molecule has 0 aromatic carbocycles. The van der Waals surface area contributed by atoms with Gasteiger partial charge in [-0.1, -0.05) is 6.92 Å². The Bertz CT molecular complexity index is 761. The van der Waals surface area contributed by atoms with Crippen LogP contribution in [0.1, 0.15) is 35.5 Å². The normalized spacial score (nSPS) is 11.8. The maximum atomic E-state index is 12.4. The van der Waals surface area contributed by atoms with Gasteiger partial charge in [0.05, 0.1) is 21.7 Å². The van der Waals surface area contributed by atoms with Gasteiger partial charge in [-0.15, -0.1) is 11.3 Å². The smallest absolute Gasteiger partial charge is 0.320 e. The second-order valence-electron chi connectivity index (χ2n) is 5.28. The van der Waals surface area contributed by atoms with Crippen molar-refractivity contribution < 1.29 is 9.72 Å². The molecule has 128 valence electrons. The minimum Gasteiger partial charge on any atom is -0.320 e. The highest BCUT2D eigenvalue weighted by molar-refractivity contribution is 7.11. The zero-order chi connectivity index (χ0) is 17.9. The number of nitrogens with one attached hydrogen (secondary N) is 1. The summed E-state index contributed by atoms with van der Waals surface area (Å²) in [5.74, 6) is 0. The number of hydrogen-bond donors (Lipinski definition) is 1. The minimum absolute atomic E-state index is 0.120. The fraction of sp³-hybridized carbons (Fsp3) is 0.400. The van der Waals surface area contributed by atoms with Gasteiger partial charge in [0.2, 0.25) is 0 Å². The highest BCUT2D eigenvalue weighted by Crippen LogP contribution is 2.30. The Hall–Kier alpha value is -2.55. The van der Waals surface area contributed by atoms with E-state index in [1.54, 1.807) is 18.4 Å². The molecule has 0 aliphatic rings. The van der Waals surface area contributed by atoms with Gasteiger partial charge in [-0.2, -0.15) is 0 Å². The lowest BCUT2D eigenvalue weighted by Gasteiger charge is -2.24. The van der Waals surface area contributed by atoms with E-state index in [1.807, 2.05) is 20.8 Å². The summed E-state index contributed by atoms with van der Waals surface area (Å²) in [5.41, 5.74) is 0.780. The van der Waals surface area contributed by atoms with E-state index in [0.717, 1.165) is 28.2 Å². The summed E-state index contributed by atoms with van der Waals surface area (Å²) < 4.78 is 0. The molecule has 1 N–H and O–H groups in total. The molecular formula is C15H19N5O3S. The van der Waals surface area contributed by atoms with E-state index in [1.165, 1.54) is 17.2 Å². The first kappa shape index (κ1) is 17.8. The third-order valence-electron chi connectivity index (χ3n) is 3.70. The van der Waals surface area contributed by atoms with E-state index in [9.17, 15) is 14.9 Å². The van der Waals surface area contributed by atoms with E-state index in [2.05, 4.69) is 15.3 Å². The third kappa shape index (κ3) is 3.67. The summed E-state index contributed by atoms with van der Waals surface area (Å²) in [6, 6.07) is 0.785. The van der Waals surface area contributed by atoms with Gasteiger partial charge < -0.3 is 10.2 Å². The van der Waals surface area contributed by atoms with Crippen molar-refractivity contribution in [2.24, 2.45) is 0 Å². The number of nitro groups is 1. The number of aryl methyl sites for hydroxylation is 2. The molecule has 1 unspecified atom stereocenters. The van der Waals surface area contributed by atoms with Crippen molar-refractivity contribution in [2.45, 2.75) is 33.2 Å². The van der Waals surface area contributed by atoms with Gasteiger partial charge in [0.1, 0.15) is 11.9 Å². The Morgan fingerprint density at radius 1 is 1.54 bits per heavy atom. The lowest BCUT2D eigenvalue weighted by Crippen LogP contribution is -2.33. The van der Waals surface area contributed by atoms with E-state index in [4.69, 9.17) is 0 Å². The van der Waals surface area contributed by atoms with Crippen LogP contribution in [0, 0.1) is 17.0 Å². The number of nitrogens with zero attached hydrogens (tertiary/aromatic N) is 4. The lowest BCUT2D eigenvalue weighted by molar-refractivity contribution is -0.384. The number of aromatic nitrogens is 2. The first-order valence-corrected chi connectivity index (χ1v) is 8.25. The molecular weight excluding hydrogens is 330 g/mol. The van der Waals surface area contributed by atoms with Crippen molar-refractivity contribution in [2.75, 3.05) is 12.4 Å². The molecule has 0 saturated heterocycles. The van der Waals surface area contributed by atoms with Gasteiger partial charge in [-0.25, -0.2) is 9.78 Å². The molecule has 0 spiro atoms. The molecule has 0 fully saturated rings. The van der Waals surface area contributed by atoms with Crippen LogP contribution in [-0.4, -0.2) is 32.9 Å². The summed E-state index contributed by atoms with van der Waals surface area (Å²) >= 11 is 1.58. The number of anilines is 1. The molecule has 0 bridgehead atoms. The van der Waals surface area contributed by atoms with Crippen molar-refractivity contribution in [1.82, 2.24) is 14.9 Å². The number of urea groups is 1. The highest BCUT2D eigenvalue weighted by atomic mass is 32.1. The largest absolute Gasteiger partial charge is 0.322 e. The third-order valence-corrected chi connectivity index (χ3v) is 5.17. The standard InChI is InChI=1S/C15H19N5O3S/c1-5-13-17-9(2)14(24-13)10(3)19(4)15(21)18-11-6-7-16-8-12(11)20(22)23/h6-8,10H,5H2,1-4H3,(H,16,18,21). The zero-order valence-corrected chi connectivity index (χ0v) is 14.8. The Morgan fingerprint density at radius 3 is 2.83 bits per heavy atom. The molecule has 2 aromatic heterocycles. The molecule has 2 rings (SSSR count). The first-order chi connectivity index (χ1) is 11.3. The molecule has 2 amide bonds. The van der Waals surface area contributed by atoms with Crippen LogP contribution in [-0.2, 0) is 6.42 Å². The van der Waals surface area contributed by atoms with E-state index in [0.29, 0.717) is 0 Å². The summed E-state index contributed by atoms with van der Waals surface area (Å²) in [5, 5.41) is 14.6. The summed E-state index contributed by atoms with van der Waals surface area (Å²) in [4.78, 5) is 33.6.